The Labute approximate surface area is 97.9 Å². The maximum atomic E-state index is 11.3. The molecule has 0 aromatic carbocycles. The molecule has 0 aliphatic heterocycles. The molecular weight excluding hydrogens is 228 g/mol. The molecule has 2 rings (SSSR count). The van der Waals surface area contributed by atoms with Gasteiger partial charge in [0.1, 0.15) is 0 Å². The minimum Gasteiger partial charge on any atom is -0.459 e. The molecule has 1 saturated carbocycles. The molecular formula is C10H14N2O3S. The normalized spacial score (nSPS) is 16.6. The van der Waals surface area contributed by atoms with Gasteiger partial charge in [-0.25, -0.2) is 4.79 Å². The van der Waals surface area contributed by atoms with E-state index >= 15 is 0 Å². The van der Waals surface area contributed by atoms with E-state index < -0.39 is 5.97 Å². The SMILES string of the molecule is CCOC(=O)c1nnc(SC2CCCC2)o1. The van der Waals surface area contributed by atoms with Gasteiger partial charge in [0.15, 0.2) is 0 Å². The Hall–Kier alpha value is -1.04. The van der Waals surface area contributed by atoms with Crippen molar-refractivity contribution in [3.63, 3.8) is 0 Å². The van der Waals surface area contributed by atoms with Crippen LogP contribution in [0.3, 0.4) is 0 Å². The summed E-state index contributed by atoms with van der Waals surface area (Å²) >= 11 is 1.56. The van der Waals surface area contributed by atoms with E-state index in [2.05, 4.69) is 10.2 Å². The number of carbonyl (C=O) groups is 1. The Morgan fingerprint density at radius 3 is 2.94 bits per heavy atom. The molecule has 16 heavy (non-hydrogen) atoms. The van der Waals surface area contributed by atoms with E-state index in [0.717, 1.165) is 0 Å². The highest BCUT2D eigenvalue weighted by Gasteiger charge is 2.21. The molecule has 1 aromatic heterocycles. The highest BCUT2D eigenvalue weighted by molar-refractivity contribution is 7.99. The van der Waals surface area contributed by atoms with Crippen molar-refractivity contribution in [3.8, 4) is 0 Å². The van der Waals surface area contributed by atoms with Crippen LogP contribution in [0.2, 0.25) is 0 Å². The minimum atomic E-state index is -0.548. The van der Waals surface area contributed by atoms with Crippen LogP contribution in [0.5, 0.6) is 0 Å². The Morgan fingerprint density at radius 1 is 1.50 bits per heavy atom. The van der Waals surface area contributed by atoms with Crippen LogP contribution in [0.15, 0.2) is 9.64 Å². The molecule has 0 amide bonds. The maximum Gasteiger partial charge on any atom is 0.396 e. The molecule has 1 aliphatic carbocycles. The number of nitrogens with zero attached hydrogens (tertiary/aromatic N) is 2. The highest BCUT2D eigenvalue weighted by atomic mass is 32.2. The third kappa shape index (κ3) is 2.75. The molecule has 0 saturated heterocycles. The molecule has 0 N–H and O–H groups in total. The second-order valence-electron chi connectivity index (χ2n) is 3.62. The predicted octanol–water partition coefficient (Wildman–Crippen LogP) is 2.28. The van der Waals surface area contributed by atoms with Gasteiger partial charge < -0.3 is 9.15 Å². The Bertz CT molecular complexity index is 361. The number of hydrogen-bond acceptors (Lipinski definition) is 6. The van der Waals surface area contributed by atoms with Crippen LogP contribution in [-0.4, -0.2) is 28.0 Å². The summed E-state index contributed by atoms with van der Waals surface area (Å²) in [7, 11) is 0. The van der Waals surface area contributed by atoms with Gasteiger partial charge in [-0.3, -0.25) is 0 Å². The number of thioether (sulfide) groups is 1. The van der Waals surface area contributed by atoms with Crippen molar-refractivity contribution >= 4 is 17.7 Å². The first kappa shape index (κ1) is 11.4. The zero-order chi connectivity index (χ0) is 11.4. The molecule has 1 aliphatic rings. The average Bonchev–Trinajstić information content (AvgIpc) is 2.90. The van der Waals surface area contributed by atoms with Crippen LogP contribution in [0, 0.1) is 0 Å². The van der Waals surface area contributed by atoms with Gasteiger partial charge in [0.05, 0.1) is 6.61 Å². The molecule has 0 spiro atoms. The lowest BCUT2D eigenvalue weighted by Crippen LogP contribution is -2.04. The second kappa shape index (κ2) is 5.34. The topological polar surface area (TPSA) is 65.2 Å². The lowest BCUT2D eigenvalue weighted by molar-refractivity contribution is 0.0475. The number of esters is 1. The van der Waals surface area contributed by atoms with Gasteiger partial charge in [0, 0.05) is 5.25 Å². The molecule has 1 fully saturated rings. The van der Waals surface area contributed by atoms with Gasteiger partial charge in [0.2, 0.25) is 0 Å². The van der Waals surface area contributed by atoms with Crippen LogP contribution in [0.4, 0.5) is 0 Å². The van der Waals surface area contributed by atoms with Crippen LogP contribution in [0.1, 0.15) is 43.3 Å². The summed E-state index contributed by atoms with van der Waals surface area (Å²) in [6.07, 6.45) is 4.89. The zero-order valence-electron chi connectivity index (χ0n) is 9.14. The molecule has 0 bridgehead atoms. The summed E-state index contributed by atoms with van der Waals surface area (Å²) in [6, 6.07) is 0. The van der Waals surface area contributed by atoms with E-state index in [1.807, 2.05) is 0 Å². The molecule has 0 unspecified atom stereocenters. The summed E-state index contributed by atoms with van der Waals surface area (Å²) in [5.41, 5.74) is 0. The molecule has 1 aromatic rings. The van der Waals surface area contributed by atoms with Gasteiger partial charge in [-0.05, 0) is 19.8 Å². The first-order chi connectivity index (χ1) is 7.79. The quantitative estimate of drug-likeness (QED) is 0.755. The number of carbonyl (C=O) groups excluding carboxylic acids is 1. The fraction of sp³-hybridized carbons (Fsp3) is 0.700. The van der Waals surface area contributed by atoms with Crippen LogP contribution in [0.25, 0.3) is 0 Å². The van der Waals surface area contributed by atoms with Crippen LogP contribution >= 0.6 is 11.8 Å². The Morgan fingerprint density at radius 2 is 2.25 bits per heavy atom. The lowest BCUT2D eigenvalue weighted by Gasteiger charge is -2.02. The van der Waals surface area contributed by atoms with E-state index in [0.29, 0.717) is 17.1 Å². The molecule has 1 heterocycles. The van der Waals surface area contributed by atoms with E-state index in [1.54, 1.807) is 18.7 Å². The molecule has 0 radical (unpaired) electrons. The molecule has 5 nitrogen and oxygen atoms in total. The van der Waals surface area contributed by atoms with E-state index in [4.69, 9.17) is 9.15 Å². The van der Waals surface area contributed by atoms with Crippen molar-refractivity contribution in [2.24, 2.45) is 0 Å². The van der Waals surface area contributed by atoms with E-state index in [-0.39, 0.29) is 5.89 Å². The summed E-state index contributed by atoms with van der Waals surface area (Å²) < 4.78 is 9.99. The van der Waals surface area contributed by atoms with E-state index in [9.17, 15) is 4.79 Å². The number of rotatable bonds is 4. The van der Waals surface area contributed by atoms with Crippen molar-refractivity contribution < 1.29 is 13.9 Å². The second-order valence-corrected chi connectivity index (χ2v) is 4.87. The third-order valence-electron chi connectivity index (χ3n) is 2.43. The molecule has 88 valence electrons. The smallest absolute Gasteiger partial charge is 0.396 e. The van der Waals surface area contributed by atoms with E-state index in [1.165, 1.54) is 25.7 Å². The number of aromatic nitrogens is 2. The van der Waals surface area contributed by atoms with Gasteiger partial charge in [0.25, 0.3) is 5.22 Å². The summed E-state index contributed by atoms with van der Waals surface area (Å²) in [5.74, 6) is -0.601. The van der Waals surface area contributed by atoms with Crippen molar-refractivity contribution in [1.82, 2.24) is 10.2 Å². The molecule has 0 atom stereocenters. The summed E-state index contributed by atoms with van der Waals surface area (Å²) in [6.45, 7) is 2.05. The Kier molecular flexibility index (Phi) is 3.82. The van der Waals surface area contributed by atoms with Crippen molar-refractivity contribution in [1.29, 1.82) is 0 Å². The minimum absolute atomic E-state index is 0.0534. The van der Waals surface area contributed by atoms with Crippen molar-refractivity contribution in [2.75, 3.05) is 6.61 Å². The lowest BCUT2D eigenvalue weighted by atomic mass is 10.4. The predicted molar refractivity (Wildman–Crippen MR) is 58.4 cm³/mol. The Balaban J connectivity index is 1.93. The first-order valence-corrected chi connectivity index (χ1v) is 6.35. The largest absolute Gasteiger partial charge is 0.459 e. The molecule has 6 heteroatoms. The van der Waals surface area contributed by atoms with Gasteiger partial charge in [-0.1, -0.05) is 29.7 Å². The van der Waals surface area contributed by atoms with Gasteiger partial charge >= 0.3 is 11.9 Å². The highest BCUT2D eigenvalue weighted by Crippen LogP contribution is 2.33. The van der Waals surface area contributed by atoms with Crippen molar-refractivity contribution in [2.45, 2.75) is 43.1 Å². The summed E-state index contributed by atoms with van der Waals surface area (Å²) in [5, 5.41) is 8.51. The number of ether oxygens (including phenoxy) is 1. The van der Waals surface area contributed by atoms with Crippen LogP contribution in [-0.2, 0) is 4.74 Å². The fourth-order valence-corrected chi connectivity index (χ4v) is 2.75. The fourth-order valence-electron chi connectivity index (χ4n) is 1.68. The summed E-state index contributed by atoms with van der Waals surface area (Å²) in [4.78, 5) is 11.3. The average molecular weight is 242 g/mol. The monoisotopic (exact) mass is 242 g/mol. The van der Waals surface area contributed by atoms with Crippen LogP contribution < -0.4 is 0 Å². The number of hydrogen-bond donors (Lipinski definition) is 0. The third-order valence-corrected chi connectivity index (χ3v) is 3.60. The zero-order valence-corrected chi connectivity index (χ0v) is 9.96. The standard InChI is InChI=1S/C10H14N2O3S/c1-2-14-9(13)8-11-12-10(15-8)16-7-5-3-4-6-7/h7H,2-6H2,1H3. The van der Waals surface area contributed by atoms with Gasteiger partial charge in [-0.15, -0.1) is 5.10 Å². The maximum absolute atomic E-state index is 11.3. The van der Waals surface area contributed by atoms with Crippen molar-refractivity contribution in [3.05, 3.63) is 5.89 Å². The van der Waals surface area contributed by atoms with Gasteiger partial charge in [-0.2, -0.15) is 0 Å². The first-order valence-electron chi connectivity index (χ1n) is 5.47.